The van der Waals surface area contributed by atoms with Crippen LogP contribution in [0.15, 0.2) is 24.3 Å². The monoisotopic (exact) mass is 311 g/mol. The molecule has 0 saturated heterocycles. The van der Waals surface area contributed by atoms with Crippen LogP contribution in [0.3, 0.4) is 0 Å². The molecule has 3 rings (SSSR count). The van der Waals surface area contributed by atoms with Gasteiger partial charge < -0.3 is 5.32 Å². The first-order chi connectivity index (χ1) is 9.90. The zero-order valence-corrected chi connectivity index (χ0v) is 13.1. The van der Waals surface area contributed by atoms with E-state index in [1.54, 1.807) is 12.1 Å². The van der Waals surface area contributed by atoms with Gasteiger partial charge >= 0.3 is 0 Å². The number of benzene rings is 1. The summed E-state index contributed by atoms with van der Waals surface area (Å²) in [5.41, 5.74) is 1.05. The smallest absolute Gasteiger partial charge is 0.154 e. The summed E-state index contributed by atoms with van der Waals surface area (Å²) in [4.78, 5) is 0. The Morgan fingerprint density at radius 1 is 1.33 bits per heavy atom. The van der Waals surface area contributed by atoms with Gasteiger partial charge in [-0.1, -0.05) is 18.6 Å². The SMILES string of the molecule is CS(=O)(=O)C1(CNC2CC(c3cccc(F)c3)C2)CCC1. The Balaban J connectivity index is 1.52. The first kappa shape index (κ1) is 15.0. The highest BCUT2D eigenvalue weighted by Crippen LogP contribution is 2.41. The van der Waals surface area contributed by atoms with E-state index >= 15 is 0 Å². The van der Waals surface area contributed by atoms with E-state index in [2.05, 4.69) is 5.32 Å². The molecule has 0 atom stereocenters. The molecule has 1 aromatic rings. The lowest BCUT2D eigenvalue weighted by molar-refractivity contribution is 0.249. The Labute approximate surface area is 125 Å². The third-order valence-electron chi connectivity index (χ3n) is 5.22. The first-order valence-electron chi connectivity index (χ1n) is 7.58. The van der Waals surface area contributed by atoms with Crippen LogP contribution < -0.4 is 5.32 Å². The van der Waals surface area contributed by atoms with Gasteiger partial charge in [-0.3, -0.25) is 0 Å². The van der Waals surface area contributed by atoms with E-state index in [9.17, 15) is 12.8 Å². The van der Waals surface area contributed by atoms with Crippen LogP contribution in [0.1, 0.15) is 43.6 Å². The van der Waals surface area contributed by atoms with Crippen molar-refractivity contribution in [1.82, 2.24) is 5.32 Å². The standard InChI is InChI=1S/C16H22FNO2S/c1-21(19,20)16(6-3-7-16)11-18-15-9-13(10-15)12-4-2-5-14(17)8-12/h2,4-5,8,13,15,18H,3,6-7,9-11H2,1H3. The van der Waals surface area contributed by atoms with Gasteiger partial charge in [0.25, 0.3) is 0 Å². The van der Waals surface area contributed by atoms with Crippen molar-refractivity contribution in [2.75, 3.05) is 12.8 Å². The van der Waals surface area contributed by atoms with Gasteiger partial charge in [0.15, 0.2) is 9.84 Å². The highest BCUT2D eigenvalue weighted by Gasteiger charge is 2.46. The van der Waals surface area contributed by atoms with Crippen LogP contribution in [0.4, 0.5) is 4.39 Å². The molecule has 0 heterocycles. The molecule has 1 N–H and O–H groups in total. The van der Waals surface area contributed by atoms with E-state index in [0.717, 1.165) is 37.7 Å². The second-order valence-electron chi connectivity index (χ2n) is 6.61. The molecule has 1 aromatic carbocycles. The predicted octanol–water partition coefficient (Wildman–Crippen LogP) is 2.63. The molecule has 0 amide bonds. The van der Waals surface area contributed by atoms with Crippen molar-refractivity contribution in [3.8, 4) is 0 Å². The molecule has 2 aliphatic rings. The Morgan fingerprint density at radius 2 is 2.05 bits per heavy atom. The van der Waals surface area contributed by atoms with Crippen molar-refractivity contribution < 1.29 is 12.8 Å². The van der Waals surface area contributed by atoms with Crippen molar-refractivity contribution in [3.63, 3.8) is 0 Å². The average Bonchev–Trinajstić information content (AvgIpc) is 2.28. The van der Waals surface area contributed by atoms with E-state index in [-0.39, 0.29) is 5.82 Å². The summed E-state index contributed by atoms with van der Waals surface area (Å²) < 4.78 is 36.5. The molecule has 2 fully saturated rings. The van der Waals surface area contributed by atoms with Crippen LogP contribution in [0.25, 0.3) is 0 Å². The van der Waals surface area contributed by atoms with Crippen LogP contribution in [-0.2, 0) is 9.84 Å². The molecule has 5 heteroatoms. The van der Waals surface area contributed by atoms with Crippen molar-refractivity contribution in [1.29, 1.82) is 0 Å². The number of rotatable bonds is 5. The number of nitrogens with one attached hydrogen (secondary N) is 1. The molecule has 0 aliphatic heterocycles. The lowest BCUT2D eigenvalue weighted by atomic mass is 9.75. The lowest BCUT2D eigenvalue weighted by Gasteiger charge is -2.44. The molecule has 116 valence electrons. The van der Waals surface area contributed by atoms with Crippen LogP contribution in [0.2, 0.25) is 0 Å². The number of hydrogen-bond donors (Lipinski definition) is 1. The molecule has 0 unspecified atom stereocenters. The van der Waals surface area contributed by atoms with Crippen LogP contribution in [-0.4, -0.2) is 32.0 Å². The van der Waals surface area contributed by atoms with Crippen molar-refractivity contribution in [2.24, 2.45) is 0 Å². The maximum absolute atomic E-state index is 13.2. The normalized spacial score (nSPS) is 27.7. The molecular weight excluding hydrogens is 289 g/mol. The summed E-state index contributed by atoms with van der Waals surface area (Å²) >= 11 is 0. The van der Waals surface area contributed by atoms with Crippen molar-refractivity contribution in [3.05, 3.63) is 35.6 Å². The predicted molar refractivity (Wildman–Crippen MR) is 81.6 cm³/mol. The molecule has 0 aromatic heterocycles. The molecule has 2 aliphatic carbocycles. The maximum Gasteiger partial charge on any atom is 0.154 e. The maximum atomic E-state index is 13.2. The summed E-state index contributed by atoms with van der Waals surface area (Å²) in [6.07, 6.45) is 5.83. The third kappa shape index (κ3) is 2.86. The number of sulfone groups is 1. The average molecular weight is 311 g/mol. The Bertz CT molecular complexity index is 619. The van der Waals surface area contributed by atoms with E-state index in [4.69, 9.17) is 0 Å². The minimum atomic E-state index is -2.99. The highest BCUT2D eigenvalue weighted by atomic mass is 32.2. The Morgan fingerprint density at radius 3 is 2.57 bits per heavy atom. The Hall–Kier alpha value is -0.940. The molecular formula is C16H22FNO2S. The molecule has 2 saturated carbocycles. The van der Waals surface area contributed by atoms with Gasteiger partial charge in [-0.25, -0.2) is 12.8 Å². The molecule has 0 bridgehead atoms. The minimum Gasteiger partial charge on any atom is -0.312 e. The van der Waals surface area contributed by atoms with Gasteiger partial charge in [0.1, 0.15) is 5.82 Å². The number of halogens is 1. The fraction of sp³-hybridized carbons (Fsp3) is 0.625. The van der Waals surface area contributed by atoms with Gasteiger partial charge in [-0.2, -0.15) is 0 Å². The lowest BCUT2D eigenvalue weighted by Crippen LogP contribution is -2.55. The first-order valence-corrected chi connectivity index (χ1v) is 9.47. The minimum absolute atomic E-state index is 0.186. The highest BCUT2D eigenvalue weighted by molar-refractivity contribution is 7.92. The van der Waals surface area contributed by atoms with Gasteiger partial charge in [0.2, 0.25) is 0 Å². The van der Waals surface area contributed by atoms with Gasteiger partial charge in [-0.15, -0.1) is 0 Å². The zero-order chi connectivity index (χ0) is 15.1. The van der Waals surface area contributed by atoms with Gasteiger partial charge in [-0.05, 0) is 49.3 Å². The fourth-order valence-electron chi connectivity index (χ4n) is 3.40. The third-order valence-corrected chi connectivity index (χ3v) is 7.35. The van der Waals surface area contributed by atoms with Crippen LogP contribution in [0.5, 0.6) is 0 Å². The van der Waals surface area contributed by atoms with Crippen LogP contribution in [0, 0.1) is 5.82 Å². The summed E-state index contributed by atoms with van der Waals surface area (Å²) in [5, 5.41) is 3.41. The summed E-state index contributed by atoms with van der Waals surface area (Å²) in [6, 6.07) is 7.14. The van der Waals surface area contributed by atoms with Crippen molar-refractivity contribution in [2.45, 2.75) is 48.8 Å². The second-order valence-corrected chi connectivity index (χ2v) is 9.02. The fourth-order valence-corrected chi connectivity index (χ4v) is 4.77. The van der Waals surface area contributed by atoms with Gasteiger partial charge in [0, 0.05) is 18.8 Å². The largest absolute Gasteiger partial charge is 0.312 e. The molecule has 21 heavy (non-hydrogen) atoms. The second kappa shape index (κ2) is 5.36. The van der Waals surface area contributed by atoms with E-state index < -0.39 is 14.6 Å². The summed E-state index contributed by atoms with van der Waals surface area (Å²) in [6.45, 7) is 0.562. The van der Waals surface area contributed by atoms with E-state index in [1.807, 2.05) is 6.07 Å². The zero-order valence-electron chi connectivity index (χ0n) is 12.3. The molecule has 3 nitrogen and oxygen atoms in total. The molecule has 0 spiro atoms. The Kier molecular flexibility index (Phi) is 3.82. The quantitative estimate of drug-likeness (QED) is 0.909. The topological polar surface area (TPSA) is 46.2 Å². The summed E-state index contributed by atoms with van der Waals surface area (Å²) in [7, 11) is -2.99. The van der Waals surface area contributed by atoms with E-state index in [1.165, 1.54) is 12.3 Å². The van der Waals surface area contributed by atoms with Crippen LogP contribution >= 0.6 is 0 Å². The molecule has 0 radical (unpaired) electrons. The summed E-state index contributed by atoms with van der Waals surface area (Å²) in [5.74, 6) is 0.211. The number of hydrogen-bond acceptors (Lipinski definition) is 3. The van der Waals surface area contributed by atoms with Gasteiger partial charge in [0.05, 0.1) is 4.75 Å². The van der Waals surface area contributed by atoms with E-state index in [0.29, 0.717) is 18.5 Å². The van der Waals surface area contributed by atoms with Crippen molar-refractivity contribution >= 4 is 9.84 Å².